The summed E-state index contributed by atoms with van der Waals surface area (Å²) in [4.78, 5) is 8.36. The molecule has 0 spiro atoms. The van der Waals surface area contributed by atoms with Crippen LogP contribution in [0.2, 0.25) is 30.4 Å². The molecule has 0 fully saturated rings. The zero-order valence-electron chi connectivity index (χ0n) is 22.4. The number of hydrogen-bond acceptors (Lipinski definition) is 7. The molecule has 4 aromatic rings. The molecule has 2 atom stereocenters. The van der Waals surface area contributed by atoms with Crippen molar-refractivity contribution in [2.45, 2.75) is 39.9 Å². The van der Waals surface area contributed by atoms with Crippen molar-refractivity contribution in [2.24, 2.45) is 0 Å². The lowest BCUT2D eigenvalue weighted by Gasteiger charge is -2.14. The average molecular weight is 731 g/mol. The molecule has 0 bridgehead atoms. The van der Waals surface area contributed by atoms with Crippen LogP contribution in [0.3, 0.4) is 0 Å². The van der Waals surface area contributed by atoms with Gasteiger partial charge >= 0.3 is 0 Å². The fraction of sp³-hybridized carbons (Fsp3) is 0.250. The van der Waals surface area contributed by atoms with Crippen LogP contribution in [0.15, 0.2) is 60.7 Å². The Balaban J connectivity index is 0.000000434. The van der Waals surface area contributed by atoms with E-state index in [9.17, 15) is 15.6 Å². The van der Waals surface area contributed by atoms with Gasteiger partial charge in [-0.25, -0.2) is 9.97 Å². The number of benzene rings is 2. The quantitative estimate of drug-likeness (QED) is 0.104. The Hall–Kier alpha value is -2.66. The van der Waals surface area contributed by atoms with E-state index in [0.29, 0.717) is 48.2 Å². The second-order valence-electron chi connectivity index (χ2n) is 8.75. The summed E-state index contributed by atoms with van der Waals surface area (Å²) in [5.74, 6) is -1.48. The van der Waals surface area contributed by atoms with Gasteiger partial charge in [-0.05, 0) is 59.7 Å². The van der Waals surface area contributed by atoms with Crippen LogP contribution in [0.5, 0.6) is 0 Å². The van der Waals surface area contributed by atoms with E-state index < -0.39 is 11.8 Å². The number of halogens is 6. The van der Waals surface area contributed by atoms with Crippen LogP contribution in [0, 0.1) is 22.7 Å². The van der Waals surface area contributed by atoms with Gasteiger partial charge in [-0.2, -0.15) is 10.5 Å². The lowest BCUT2D eigenvalue weighted by molar-refractivity contribution is -0.0391. The summed E-state index contributed by atoms with van der Waals surface area (Å²) in [6.45, 7) is 0.258. The molecule has 2 aromatic heterocycles. The number of ether oxygens (including phenoxy) is 2. The summed E-state index contributed by atoms with van der Waals surface area (Å²) in [6.07, 6.45) is 0. The van der Waals surface area contributed by atoms with Gasteiger partial charge in [-0.3, -0.25) is 0 Å². The normalized spacial score (nSPS) is 11.4. The SMILES string of the molecule is C.C.COCOCc1cc(Cl)nc(C(C#N)c2c(Cl)cccc2Cl)c1.N#CC(c1cc(CO)cc(Cl)n1)c1c(Cl)cccc1Cl. The van der Waals surface area contributed by atoms with Gasteiger partial charge in [0.05, 0.1) is 36.7 Å². The second kappa shape index (κ2) is 19.8. The van der Waals surface area contributed by atoms with Crippen LogP contribution in [-0.4, -0.2) is 29.0 Å². The summed E-state index contributed by atoms with van der Waals surface area (Å²) < 4.78 is 10.1. The minimum Gasteiger partial charge on any atom is -0.392 e. The highest BCUT2D eigenvalue weighted by Gasteiger charge is 2.23. The smallest absolute Gasteiger partial charge is 0.146 e. The van der Waals surface area contributed by atoms with Crippen LogP contribution < -0.4 is 0 Å². The Kier molecular flexibility index (Phi) is 17.7. The molecule has 45 heavy (non-hydrogen) atoms. The van der Waals surface area contributed by atoms with Gasteiger partial charge in [0.2, 0.25) is 0 Å². The Morgan fingerprint density at radius 2 is 1.11 bits per heavy atom. The minimum absolute atomic E-state index is 0. The van der Waals surface area contributed by atoms with E-state index in [0.717, 1.165) is 5.56 Å². The maximum absolute atomic E-state index is 9.58. The van der Waals surface area contributed by atoms with Crippen LogP contribution >= 0.6 is 69.6 Å². The molecular formula is C32H30Cl6N4O3. The molecule has 2 aromatic carbocycles. The summed E-state index contributed by atoms with van der Waals surface area (Å²) in [5.41, 5.74) is 3.21. The Morgan fingerprint density at radius 3 is 1.49 bits per heavy atom. The third-order valence-electron chi connectivity index (χ3n) is 5.83. The number of aromatic nitrogens is 2. The van der Waals surface area contributed by atoms with E-state index in [1.165, 1.54) is 13.2 Å². The molecule has 0 amide bonds. The third kappa shape index (κ3) is 11.0. The number of aliphatic hydroxyl groups is 1. The van der Waals surface area contributed by atoms with Gasteiger partial charge in [0, 0.05) is 38.3 Å². The summed E-state index contributed by atoms with van der Waals surface area (Å²) in [7, 11) is 1.54. The van der Waals surface area contributed by atoms with Crippen LogP contribution in [0.25, 0.3) is 0 Å². The second-order valence-corrected chi connectivity index (χ2v) is 11.2. The molecule has 0 saturated carbocycles. The number of hydrogen-bond donors (Lipinski definition) is 1. The first-order chi connectivity index (χ1) is 20.6. The molecular weight excluding hydrogens is 701 g/mol. The minimum atomic E-state index is -0.750. The molecule has 238 valence electrons. The van der Waals surface area contributed by atoms with E-state index in [1.54, 1.807) is 54.6 Å². The highest BCUT2D eigenvalue weighted by atomic mass is 35.5. The third-order valence-corrected chi connectivity index (χ3v) is 7.53. The fourth-order valence-electron chi connectivity index (χ4n) is 3.99. The van der Waals surface area contributed by atoms with E-state index in [4.69, 9.17) is 79.1 Å². The molecule has 4 rings (SSSR count). The number of nitriles is 2. The zero-order chi connectivity index (χ0) is 31.5. The van der Waals surface area contributed by atoms with Gasteiger partial charge in [-0.1, -0.05) is 96.6 Å². The molecule has 7 nitrogen and oxygen atoms in total. The molecule has 2 unspecified atom stereocenters. The molecule has 2 heterocycles. The number of aliphatic hydroxyl groups excluding tert-OH is 1. The summed E-state index contributed by atoms with van der Waals surface area (Å²) >= 11 is 36.6. The topological polar surface area (TPSA) is 112 Å². The predicted molar refractivity (Wildman–Crippen MR) is 182 cm³/mol. The molecule has 1 N–H and O–H groups in total. The van der Waals surface area contributed by atoms with Crippen molar-refractivity contribution in [2.75, 3.05) is 13.9 Å². The number of nitrogens with zero attached hydrogens (tertiary/aromatic N) is 4. The van der Waals surface area contributed by atoms with E-state index in [2.05, 4.69) is 22.1 Å². The molecule has 0 aliphatic heterocycles. The van der Waals surface area contributed by atoms with Crippen molar-refractivity contribution in [3.05, 3.63) is 125 Å². The van der Waals surface area contributed by atoms with Crippen molar-refractivity contribution in [3.8, 4) is 12.1 Å². The van der Waals surface area contributed by atoms with Crippen LogP contribution in [0.4, 0.5) is 0 Å². The number of rotatable bonds is 9. The number of pyridine rings is 2. The van der Waals surface area contributed by atoms with E-state index in [1.807, 2.05) is 0 Å². The highest BCUT2D eigenvalue weighted by Crippen LogP contribution is 2.36. The van der Waals surface area contributed by atoms with Crippen molar-refractivity contribution < 1.29 is 14.6 Å². The zero-order valence-corrected chi connectivity index (χ0v) is 26.9. The average Bonchev–Trinajstić information content (AvgIpc) is 2.97. The molecule has 0 aliphatic rings. The summed E-state index contributed by atoms with van der Waals surface area (Å²) in [6, 6.07) is 21.0. The van der Waals surface area contributed by atoms with Gasteiger partial charge in [0.25, 0.3) is 0 Å². The van der Waals surface area contributed by atoms with Crippen molar-refractivity contribution >= 4 is 69.6 Å². The Bertz CT molecular complexity index is 1620. The van der Waals surface area contributed by atoms with Crippen molar-refractivity contribution in [1.82, 2.24) is 9.97 Å². The highest BCUT2D eigenvalue weighted by molar-refractivity contribution is 6.36. The molecule has 0 radical (unpaired) electrons. The van der Waals surface area contributed by atoms with E-state index in [-0.39, 0.29) is 45.2 Å². The maximum atomic E-state index is 9.58. The van der Waals surface area contributed by atoms with Crippen molar-refractivity contribution in [3.63, 3.8) is 0 Å². The monoisotopic (exact) mass is 728 g/mol. The Morgan fingerprint density at radius 1 is 0.711 bits per heavy atom. The van der Waals surface area contributed by atoms with Crippen LogP contribution in [0.1, 0.15) is 60.3 Å². The molecule has 0 saturated heterocycles. The first kappa shape index (κ1) is 40.4. The summed E-state index contributed by atoms with van der Waals surface area (Å²) in [5, 5.41) is 30.3. The maximum Gasteiger partial charge on any atom is 0.146 e. The van der Waals surface area contributed by atoms with Gasteiger partial charge in [-0.15, -0.1) is 0 Å². The van der Waals surface area contributed by atoms with Gasteiger partial charge in [0.1, 0.15) is 28.9 Å². The predicted octanol–water partition coefficient (Wildman–Crippen LogP) is 10.3. The lowest BCUT2D eigenvalue weighted by atomic mass is 9.95. The van der Waals surface area contributed by atoms with E-state index >= 15 is 0 Å². The lowest BCUT2D eigenvalue weighted by Crippen LogP contribution is -2.05. The van der Waals surface area contributed by atoms with Gasteiger partial charge < -0.3 is 14.6 Å². The standard InChI is InChI=1S/C16H13Cl3N2O2.C14H9Cl3N2O.2CH4/c1-22-9-23-8-10-5-14(21-15(19)6-10)11(7-20)16-12(17)3-2-4-13(16)18;15-10-2-1-3-11(16)14(10)9(6-18)12-4-8(7-20)5-13(17)19-12;;/h2-6,11H,8-9H2,1H3;1-5,9,20H,7H2;2*1H4. The first-order valence-corrected chi connectivity index (χ1v) is 14.6. The molecule has 13 heteroatoms. The van der Waals surface area contributed by atoms with Crippen molar-refractivity contribution in [1.29, 1.82) is 10.5 Å². The fourth-order valence-corrected chi connectivity index (χ4v) is 5.70. The number of methoxy groups -OCH3 is 1. The first-order valence-electron chi connectivity index (χ1n) is 12.3. The van der Waals surface area contributed by atoms with Gasteiger partial charge in [0.15, 0.2) is 0 Å². The largest absolute Gasteiger partial charge is 0.392 e. The molecule has 0 aliphatic carbocycles. The Labute approximate surface area is 293 Å². The van der Waals surface area contributed by atoms with Crippen LogP contribution in [-0.2, 0) is 22.7 Å².